The number of benzene rings is 1. The van der Waals surface area contributed by atoms with Crippen molar-refractivity contribution in [3.8, 4) is 5.75 Å². The number of rotatable bonds is 2. The zero-order chi connectivity index (χ0) is 15.0. The number of hydrogen-bond acceptors (Lipinski definition) is 3. The Bertz CT molecular complexity index is 489. The molecule has 1 aromatic carbocycles. The third-order valence-electron chi connectivity index (χ3n) is 4.34. The van der Waals surface area contributed by atoms with Gasteiger partial charge in [0.05, 0.1) is 0 Å². The number of anilines is 1. The van der Waals surface area contributed by atoms with Crippen molar-refractivity contribution < 1.29 is 17.9 Å². The van der Waals surface area contributed by atoms with E-state index in [1.54, 1.807) is 12.1 Å². The monoisotopic (exact) mass is 300 g/mol. The molecule has 6 heteroatoms. The molecule has 0 amide bonds. The van der Waals surface area contributed by atoms with E-state index in [2.05, 4.69) is 21.5 Å². The summed E-state index contributed by atoms with van der Waals surface area (Å²) in [6.45, 7) is 5.29. The molecule has 0 N–H and O–H groups in total. The first-order chi connectivity index (χ1) is 9.92. The van der Waals surface area contributed by atoms with Gasteiger partial charge in [-0.3, -0.25) is 4.90 Å². The molecule has 2 atom stereocenters. The molecule has 0 aliphatic carbocycles. The lowest BCUT2D eigenvalue weighted by Gasteiger charge is -2.43. The maximum atomic E-state index is 12.2. The second kappa shape index (κ2) is 5.40. The van der Waals surface area contributed by atoms with Gasteiger partial charge in [0.1, 0.15) is 5.75 Å². The molecule has 0 saturated carbocycles. The quantitative estimate of drug-likeness (QED) is 0.834. The van der Waals surface area contributed by atoms with Crippen LogP contribution >= 0.6 is 0 Å². The standard InChI is InChI=1S/C15H19F3N2O/c1-11-9-19-8-2-3-13(19)10-20(11)12-4-6-14(7-5-12)21-15(16,17)18/h4-7,11,13H,2-3,8-10H2,1H3. The van der Waals surface area contributed by atoms with E-state index in [-0.39, 0.29) is 5.75 Å². The second-order valence-corrected chi connectivity index (χ2v) is 5.83. The summed E-state index contributed by atoms with van der Waals surface area (Å²) in [6, 6.07) is 7.14. The van der Waals surface area contributed by atoms with Gasteiger partial charge in [0.25, 0.3) is 0 Å². The minimum atomic E-state index is -4.63. The summed E-state index contributed by atoms with van der Waals surface area (Å²) in [5.41, 5.74) is 0.962. The third-order valence-corrected chi connectivity index (χ3v) is 4.34. The van der Waals surface area contributed by atoms with Gasteiger partial charge in [0.2, 0.25) is 0 Å². The van der Waals surface area contributed by atoms with Crippen LogP contribution in [-0.4, -0.2) is 43.0 Å². The Kier molecular flexibility index (Phi) is 3.73. The van der Waals surface area contributed by atoms with Gasteiger partial charge in [-0.2, -0.15) is 0 Å². The molecule has 0 bridgehead atoms. The highest BCUT2D eigenvalue weighted by Crippen LogP contribution is 2.30. The summed E-state index contributed by atoms with van der Waals surface area (Å²) in [5, 5.41) is 0. The van der Waals surface area contributed by atoms with Crippen LogP contribution in [0.4, 0.5) is 18.9 Å². The van der Waals surface area contributed by atoms with Crippen molar-refractivity contribution in [1.82, 2.24) is 4.90 Å². The molecule has 0 spiro atoms. The number of piperazine rings is 1. The maximum absolute atomic E-state index is 12.2. The Hall–Kier alpha value is -1.43. The van der Waals surface area contributed by atoms with Crippen molar-refractivity contribution in [3.63, 3.8) is 0 Å². The molecule has 21 heavy (non-hydrogen) atoms. The van der Waals surface area contributed by atoms with Crippen molar-refractivity contribution in [2.75, 3.05) is 24.5 Å². The van der Waals surface area contributed by atoms with Crippen LogP contribution in [0, 0.1) is 0 Å². The predicted octanol–water partition coefficient (Wildman–Crippen LogP) is 3.26. The molecular weight excluding hydrogens is 281 g/mol. The fourth-order valence-electron chi connectivity index (χ4n) is 3.39. The van der Waals surface area contributed by atoms with Crippen LogP contribution in [0.1, 0.15) is 19.8 Å². The van der Waals surface area contributed by atoms with Gasteiger partial charge >= 0.3 is 6.36 Å². The Morgan fingerprint density at radius 2 is 1.86 bits per heavy atom. The summed E-state index contributed by atoms with van der Waals surface area (Å²) < 4.78 is 40.4. The summed E-state index contributed by atoms with van der Waals surface area (Å²) in [7, 11) is 0. The van der Waals surface area contributed by atoms with E-state index in [1.807, 2.05) is 0 Å². The molecule has 2 unspecified atom stereocenters. The highest BCUT2D eigenvalue weighted by atomic mass is 19.4. The zero-order valence-corrected chi connectivity index (χ0v) is 11.9. The Labute approximate surface area is 122 Å². The number of ether oxygens (including phenoxy) is 1. The van der Waals surface area contributed by atoms with Crippen LogP contribution in [0.15, 0.2) is 24.3 Å². The molecule has 2 heterocycles. The van der Waals surface area contributed by atoms with E-state index in [1.165, 1.54) is 31.5 Å². The summed E-state index contributed by atoms with van der Waals surface area (Å²) in [4.78, 5) is 4.80. The van der Waals surface area contributed by atoms with E-state index in [9.17, 15) is 13.2 Å². The molecule has 2 aliphatic rings. The van der Waals surface area contributed by atoms with Crippen molar-refractivity contribution in [2.45, 2.75) is 38.2 Å². The topological polar surface area (TPSA) is 15.7 Å². The van der Waals surface area contributed by atoms with E-state index in [0.717, 1.165) is 18.8 Å². The van der Waals surface area contributed by atoms with Crippen LogP contribution in [0.3, 0.4) is 0 Å². The van der Waals surface area contributed by atoms with Gasteiger partial charge in [-0.15, -0.1) is 13.2 Å². The van der Waals surface area contributed by atoms with Gasteiger partial charge in [-0.1, -0.05) is 0 Å². The highest BCUT2D eigenvalue weighted by Gasteiger charge is 2.34. The number of halogens is 3. The van der Waals surface area contributed by atoms with Crippen LogP contribution in [0.2, 0.25) is 0 Å². The average Bonchev–Trinajstić information content (AvgIpc) is 2.84. The minimum Gasteiger partial charge on any atom is -0.406 e. The maximum Gasteiger partial charge on any atom is 0.573 e. The number of nitrogens with zero attached hydrogens (tertiary/aromatic N) is 2. The first-order valence-corrected chi connectivity index (χ1v) is 7.29. The molecule has 1 aromatic rings. The first kappa shape index (κ1) is 14.5. The number of fused-ring (bicyclic) bond motifs is 1. The van der Waals surface area contributed by atoms with Crippen LogP contribution in [0.5, 0.6) is 5.75 Å². The fourth-order valence-corrected chi connectivity index (χ4v) is 3.39. The van der Waals surface area contributed by atoms with Gasteiger partial charge in [-0.25, -0.2) is 0 Å². The highest BCUT2D eigenvalue weighted by molar-refractivity contribution is 5.50. The molecule has 116 valence electrons. The van der Waals surface area contributed by atoms with E-state index < -0.39 is 6.36 Å². The molecule has 0 aromatic heterocycles. The lowest BCUT2D eigenvalue weighted by atomic mass is 10.1. The van der Waals surface area contributed by atoms with E-state index >= 15 is 0 Å². The SMILES string of the molecule is CC1CN2CCCC2CN1c1ccc(OC(F)(F)F)cc1. The summed E-state index contributed by atoms with van der Waals surface area (Å²) >= 11 is 0. The van der Waals surface area contributed by atoms with Crippen LogP contribution in [0.25, 0.3) is 0 Å². The summed E-state index contributed by atoms with van der Waals surface area (Å²) in [6.07, 6.45) is -2.19. The normalized spacial score (nSPS) is 26.8. The van der Waals surface area contributed by atoms with Crippen molar-refractivity contribution >= 4 is 5.69 Å². The summed E-state index contributed by atoms with van der Waals surface area (Å²) in [5.74, 6) is -0.168. The molecule has 2 saturated heterocycles. The van der Waals surface area contributed by atoms with Gasteiger partial charge in [0.15, 0.2) is 0 Å². The molecule has 2 aliphatic heterocycles. The van der Waals surface area contributed by atoms with E-state index in [0.29, 0.717) is 12.1 Å². The molecule has 0 radical (unpaired) electrons. The van der Waals surface area contributed by atoms with Crippen LogP contribution < -0.4 is 9.64 Å². The lowest BCUT2D eigenvalue weighted by Crippen LogP contribution is -2.55. The van der Waals surface area contributed by atoms with Crippen LogP contribution in [-0.2, 0) is 0 Å². The Balaban J connectivity index is 1.71. The fraction of sp³-hybridized carbons (Fsp3) is 0.600. The number of hydrogen-bond donors (Lipinski definition) is 0. The third kappa shape index (κ3) is 3.26. The van der Waals surface area contributed by atoms with Gasteiger partial charge in [-0.05, 0) is 50.6 Å². The van der Waals surface area contributed by atoms with E-state index in [4.69, 9.17) is 0 Å². The molecule has 3 nitrogen and oxygen atoms in total. The second-order valence-electron chi connectivity index (χ2n) is 5.83. The minimum absolute atomic E-state index is 0.168. The molecule has 3 rings (SSSR count). The molecular formula is C15H19F3N2O. The van der Waals surface area contributed by atoms with Crippen molar-refractivity contribution in [2.24, 2.45) is 0 Å². The Morgan fingerprint density at radius 3 is 2.52 bits per heavy atom. The van der Waals surface area contributed by atoms with Gasteiger partial charge < -0.3 is 9.64 Å². The first-order valence-electron chi connectivity index (χ1n) is 7.29. The predicted molar refractivity (Wildman–Crippen MR) is 74.5 cm³/mol. The smallest absolute Gasteiger partial charge is 0.406 e. The Morgan fingerprint density at radius 1 is 1.14 bits per heavy atom. The van der Waals surface area contributed by atoms with Crippen molar-refractivity contribution in [3.05, 3.63) is 24.3 Å². The zero-order valence-electron chi connectivity index (χ0n) is 11.9. The molecule has 2 fully saturated rings. The number of alkyl halides is 3. The lowest BCUT2D eigenvalue weighted by molar-refractivity contribution is -0.274. The average molecular weight is 300 g/mol. The van der Waals surface area contributed by atoms with Gasteiger partial charge in [0, 0.05) is 30.9 Å². The largest absolute Gasteiger partial charge is 0.573 e. The van der Waals surface area contributed by atoms with Crippen molar-refractivity contribution in [1.29, 1.82) is 0 Å².